The molecule has 0 unspecified atom stereocenters. The van der Waals surface area contributed by atoms with E-state index in [1.165, 1.54) is 0 Å². The number of nitrogens with zero attached hydrogens (tertiary/aromatic N) is 1. The van der Waals surface area contributed by atoms with Crippen molar-refractivity contribution in [3.8, 4) is 0 Å². The minimum atomic E-state index is -0.0326. The van der Waals surface area contributed by atoms with Crippen LogP contribution in [0.4, 0.5) is 0 Å². The van der Waals surface area contributed by atoms with Crippen LogP contribution >= 0.6 is 12.2 Å². The Balaban J connectivity index is 2.19. The van der Waals surface area contributed by atoms with E-state index < -0.39 is 0 Å². The van der Waals surface area contributed by atoms with E-state index in [2.05, 4.69) is 11.9 Å². The number of aromatic amines is 1. The molecule has 1 N–H and O–H groups in total. The summed E-state index contributed by atoms with van der Waals surface area (Å²) >= 11 is 5.23. The molecular formula is C14H18N2O2S. The molecule has 0 atom stereocenters. The van der Waals surface area contributed by atoms with Gasteiger partial charge in [-0.15, -0.1) is 0 Å². The molecule has 1 aromatic heterocycles. The molecule has 2 rings (SSSR count). The Hall–Kier alpha value is -1.46. The predicted molar refractivity (Wildman–Crippen MR) is 79.1 cm³/mol. The van der Waals surface area contributed by atoms with Gasteiger partial charge >= 0.3 is 0 Å². The van der Waals surface area contributed by atoms with Gasteiger partial charge in [-0.25, -0.2) is 0 Å². The highest BCUT2D eigenvalue weighted by Gasteiger charge is 2.04. The Morgan fingerprint density at radius 2 is 2.11 bits per heavy atom. The fourth-order valence-corrected chi connectivity index (χ4v) is 2.26. The van der Waals surface area contributed by atoms with Gasteiger partial charge in [0.25, 0.3) is 5.56 Å². The van der Waals surface area contributed by atoms with Crippen molar-refractivity contribution in [2.75, 3.05) is 13.2 Å². The first-order valence-corrected chi connectivity index (χ1v) is 6.94. The summed E-state index contributed by atoms with van der Waals surface area (Å²) in [7, 11) is 0. The number of hydrogen-bond donors (Lipinski definition) is 1. The van der Waals surface area contributed by atoms with Crippen LogP contribution in [0.2, 0.25) is 0 Å². The topological polar surface area (TPSA) is 47.0 Å². The molecule has 102 valence electrons. The van der Waals surface area contributed by atoms with E-state index >= 15 is 0 Å². The zero-order valence-corrected chi connectivity index (χ0v) is 11.8. The number of fused-ring (bicyclic) bond motifs is 1. The molecule has 1 aromatic carbocycles. The lowest BCUT2D eigenvalue weighted by molar-refractivity contribution is 0.129. The van der Waals surface area contributed by atoms with Gasteiger partial charge in [0.05, 0.1) is 10.9 Å². The SMILES string of the molecule is CCCOCCCn1c(=S)[nH]c2ccccc2c1=O. The van der Waals surface area contributed by atoms with Gasteiger partial charge in [-0.1, -0.05) is 19.1 Å². The van der Waals surface area contributed by atoms with Gasteiger partial charge in [0.1, 0.15) is 0 Å². The van der Waals surface area contributed by atoms with E-state index in [0.717, 1.165) is 25.0 Å². The molecule has 0 saturated carbocycles. The maximum atomic E-state index is 12.3. The van der Waals surface area contributed by atoms with Crippen molar-refractivity contribution in [2.24, 2.45) is 0 Å². The molecule has 0 radical (unpaired) electrons. The van der Waals surface area contributed by atoms with E-state index in [-0.39, 0.29) is 5.56 Å². The van der Waals surface area contributed by atoms with Gasteiger partial charge in [0.2, 0.25) is 0 Å². The second-order valence-electron chi connectivity index (χ2n) is 4.40. The Labute approximate surface area is 117 Å². The standard InChI is InChI=1S/C14H18N2O2S/c1-2-9-18-10-5-8-16-13(17)11-6-3-4-7-12(11)15-14(16)19/h3-4,6-7H,2,5,8-10H2,1H3,(H,15,19). The van der Waals surface area contributed by atoms with Crippen molar-refractivity contribution in [3.63, 3.8) is 0 Å². The highest BCUT2D eigenvalue weighted by Crippen LogP contribution is 2.06. The molecule has 0 bridgehead atoms. The third-order valence-electron chi connectivity index (χ3n) is 2.91. The van der Waals surface area contributed by atoms with Crippen molar-refractivity contribution in [1.82, 2.24) is 9.55 Å². The Bertz CT molecular complexity index is 660. The highest BCUT2D eigenvalue weighted by atomic mass is 32.1. The summed E-state index contributed by atoms with van der Waals surface area (Å²) in [5, 5.41) is 0.672. The number of aromatic nitrogens is 2. The van der Waals surface area contributed by atoms with Crippen molar-refractivity contribution < 1.29 is 4.74 Å². The lowest BCUT2D eigenvalue weighted by atomic mass is 10.2. The quantitative estimate of drug-likeness (QED) is 0.653. The normalized spacial score (nSPS) is 11.0. The van der Waals surface area contributed by atoms with Crippen LogP contribution in [0.1, 0.15) is 19.8 Å². The molecule has 4 nitrogen and oxygen atoms in total. The van der Waals surface area contributed by atoms with Gasteiger partial charge in [-0.05, 0) is 37.2 Å². The van der Waals surface area contributed by atoms with Crippen molar-refractivity contribution >= 4 is 23.1 Å². The van der Waals surface area contributed by atoms with Gasteiger partial charge in [-0.2, -0.15) is 0 Å². The Morgan fingerprint density at radius 3 is 2.89 bits per heavy atom. The van der Waals surface area contributed by atoms with E-state index in [4.69, 9.17) is 17.0 Å². The van der Waals surface area contributed by atoms with Crippen LogP contribution in [0, 0.1) is 4.77 Å². The van der Waals surface area contributed by atoms with E-state index in [0.29, 0.717) is 23.3 Å². The molecule has 5 heteroatoms. The molecule has 0 amide bonds. The minimum absolute atomic E-state index is 0.0326. The second-order valence-corrected chi connectivity index (χ2v) is 4.79. The number of benzene rings is 1. The molecule has 0 fully saturated rings. The van der Waals surface area contributed by atoms with Crippen LogP contribution in [0.5, 0.6) is 0 Å². The number of hydrogen-bond acceptors (Lipinski definition) is 3. The summed E-state index contributed by atoms with van der Waals surface area (Å²) in [4.78, 5) is 15.4. The number of H-pyrrole nitrogens is 1. The fraction of sp³-hybridized carbons (Fsp3) is 0.429. The lowest BCUT2D eigenvalue weighted by Gasteiger charge is -2.08. The largest absolute Gasteiger partial charge is 0.381 e. The van der Waals surface area contributed by atoms with E-state index in [9.17, 15) is 4.79 Å². The van der Waals surface area contributed by atoms with Crippen LogP contribution in [-0.4, -0.2) is 22.8 Å². The van der Waals surface area contributed by atoms with E-state index in [1.54, 1.807) is 4.57 Å². The summed E-state index contributed by atoms with van der Waals surface area (Å²) in [5.74, 6) is 0. The molecule has 0 spiro atoms. The van der Waals surface area contributed by atoms with Crippen molar-refractivity contribution in [2.45, 2.75) is 26.3 Å². The molecule has 0 aliphatic heterocycles. The van der Waals surface area contributed by atoms with Crippen LogP contribution < -0.4 is 5.56 Å². The third-order valence-corrected chi connectivity index (χ3v) is 3.23. The van der Waals surface area contributed by atoms with Gasteiger partial charge in [-0.3, -0.25) is 9.36 Å². The summed E-state index contributed by atoms with van der Waals surface area (Å²) in [5.41, 5.74) is 0.755. The number of para-hydroxylation sites is 1. The minimum Gasteiger partial charge on any atom is -0.381 e. The summed E-state index contributed by atoms with van der Waals surface area (Å²) in [6.07, 6.45) is 1.80. The Kier molecular flexibility index (Phi) is 4.87. The number of rotatable bonds is 6. The first-order valence-electron chi connectivity index (χ1n) is 6.53. The molecule has 2 aromatic rings. The van der Waals surface area contributed by atoms with Crippen molar-refractivity contribution in [3.05, 3.63) is 39.4 Å². The average molecular weight is 278 g/mol. The monoisotopic (exact) mass is 278 g/mol. The number of nitrogens with one attached hydrogen (secondary N) is 1. The highest BCUT2D eigenvalue weighted by molar-refractivity contribution is 7.71. The van der Waals surface area contributed by atoms with Crippen LogP contribution in [0.15, 0.2) is 29.1 Å². The zero-order valence-electron chi connectivity index (χ0n) is 11.0. The second kappa shape index (κ2) is 6.63. The van der Waals surface area contributed by atoms with Gasteiger partial charge in [0, 0.05) is 19.8 Å². The summed E-state index contributed by atoms with van der Waals surface area (Å²) < 4.78 is 7.49. The molecule has 19 heavy (non-hydrogen) atoms. The molecule has 0 aliphatic rings. The van der Waals surface area contributed by atoms with E-state index in [1.807, 2.05) is 24.3 Å². The lowest BCUT2D eigenvalue weighted by Crippen LogP contribution is -2.22. The first-order chi connectivity index (χ1) is 9.24. The average Bonchev–Trinajstić information content (AvgIpc) is 2.42. The van der Waals surface area contributed by atoms with Gasteiger partial charge < -0.3 is 9.72 Å². The molecule has 1 heterocycles. The molecule has 0 aliphatic carbocycles. The van der Waals surface area contributed by atoms with Crippen LogP contribution in [-0.2, 0) is 11.3 Å². The molecule has 0 saturated heterocycles. The zero-order chi connectivity index (χ0) is 13.7. The Morgan fingerprint density at radius 1 is 1.32 bits per heavy atom. The smallest absolute Gasteiger partial charge is 0.262 e. The predicted octanol–water partition coefficient (Wildman–Crippen LogP) is 2.88. The van der Waals surface area contributed by atoms with Gasteiger partial charge in [0.15, 0.2) is 4.77 Å². The third kappa shape index (κ3) is 3.30. The fourth-order valence-electron chi connectivity index (χ4n) is 1.97. The first kappa shape index (κ1) is 14.0. The van der Waals surface area contributed by atoms with Crippen LogP contribution in [0.25, 0.3) is 10.9 Å². The molecular weight excluding hydrogens is 260 g/mol. The summed E-state index contributed by atoms with van der Waals surface area (Å²) in [6.45, 7) is 4.08. The van der Waals surface area contributed by atoms with Crippen LogP contribution in [0.3, 0.4) is 0 Å². The van der Waals surface area contributed by atoms with Crippen molar-refractivity contribution in [1.29, 1.82) is 0 Å². The summed E-state index contributed by atoms with van der Waals surface area (Å²) in [6, 6.07) is 7.42. The number of ether oxygens (including phenoxy) is 1. The maximum absolute atomic E-state index is 12.3. The maximum Gasteiger partial charge on any atom is 0.262 e.